The number of amides is 1. The zero-order valence-corrected chi connectivity index (χ0v) is 11.7. The third-order valence-electron chi connectivity index (χ3n) is 3.96. The second-order valence-electron chi connectivity index (χ2n) is 5.44. The molecule has 1 saturated carbocycles. The number of carbonyl (C=O) groups is 1. The molecule has 1 N–H and O–H groups in total. The Morgan fingerprint density at radius 1 is 1.35 bits per heavy atom. The van der Waals surface area contributed by atoms with Crippen molar-refractivity contribution in [2.45, 2.75) is 32.7 Å². The lowest BCUT2D eigenvalue weighted by molar-refractivity contribution is -0.122. The van der Waals surface area contributed by atoms with Gasteiger partial charge in [-0.25, -0.2) is 0 Å². The molecule has 1 aliphatic rings. The zero-order valence-electron chi connectivity index (χ0n) is 11.7. The van der Waals surface area contributed by atoms with Gasteiger partial charge in [0.1, 0.15) is 0 Å². The Kier molecular flexibility index (Phi) is 3.54. The fraction of sp³-hybridized carbons (Fsp3) is 0.375. The summed E-state index contributed by atoms with van der Waals surface area (Å²) in [5.74, 6) is 0.949. The summed E-state index contributed by atoms with van der Waals surface area (Å²) in [4.78, 5) is 11.9. The monoisotopic (exact) mass is 269 g/mol. The van der Waals surface area contributed by atoms with E-state index < -0.39 is 0 Å². The number of carbonyl (C=O) groups excluding carboxylic acids is 1. The van der Waals surface area contributed by atoms with Crippen molar-refractivity contribution in [1.82, 2.24) is 9.78 Å². The number of anilines is 1. The molecule has 0 radical (unpaired) electrons. The molecule has 0 atom stereocenters. The predicted molar refractivity (Wildman–Crippen MR) is 78.5 cm³/mol. The molecule has 2 aromatic rings. The van der Waals surface area contributed by atoms with Gasteiger partial charge < -0.3 is 5.32 Å². The number of aromatic nitrogens is 2. The molecule has 1 aromatic carbocycles. The van der Waals surface area contributed by atoms with Gasteiger partial charge in [-0.2, -0.15) is 5.10 Å². The first kappa shape index (κ1) is 12.9. The molecule has 1 aliphatic carbocycles. The minimum Gasteiger partial charge on any atom is -0.309 e. The van der Waals surface area contributed by atoms with E-state index in [4.69, 9.17) is 0 Å². The minimum absolute atomic E-state index is 0.109. The lowest BCUT2D eigenvalue weighted by atomic mass is 9.85. The van der Waals surface area contributed by atoms with Gasteiger partial charge in [0, 0.05) is 18.2 Å². The van der Waals surface area contributed by atoms with E-state index in [1.54, 1.807) is 0 Å². The maximum atomic E-state index is 11.9. The van der Waals surface area contributed by atoms with Crippen LogP contribution in [0.15, 0.2) is 36.5 Å². The van der Waals surface area contributed by atoms with E-state index in [9.17, 15) is 4.79 Å². The lowest BCUT2D eigenvalue weighted by Gasteiger charge is -2.23. The Morgan fingerprint density at radius 2 is 2.15 bits per heavy atom. The fourth-order valence-corrected chi connectivity index (χ4v) is 2.38. The van der Waals surface area contributed by atoms with Gasteiger partial charge in [0.05, 0.1) is 6.54 Å². The Hall–Kier alpha value is -2.10. The quantitative estimate of drug-likeness (QED) is 0.927. The SMILES string of the molecule is Cc1ccccc1Cn1ccc(NC(=O)C2CCC2)n1. The van der Waals surface area contributed by atoms with Crippen LogP contribution < -0.4 is 5.32 Å². The first-order valence-corrected chi connectivity index (χ1v) is 7.11. The summed E-state index contributed by atoms with van der Waals surface area (Å²) < 4.78 is 1.86. The molecular formula is C16H19N3O. The molecule has 20 heavy (non-hydrogen) atoms. The smallest absolute Gasteiger partial charge is 0.228 e. The van der Waals surface area contributed by atoms with Gasteiger partial charge in [-0.05, 0) is 30.9 Å². The van der Waals surface area contributed by atoms with Crippen molar-refractivity contribution < 1.29 is 4.79 Å². The van der Waals surface area contributed by atoms with Gasteiger partial charge in [-0.15, -0.1) is 0 Å². The third kappa shape index (κ3) is 2.74. The number of hydrogen-bond donors (Lipinski definition) is 1. The van der Waals surface area contributed by atoms with Crippen molar-refractivity contribution in [3.8, 4) is 0 Å². The van der Waals surface area contributed by atoms with Crippen LogP contribution in [0, 0.1) is 12.8 Å². The van der Waals surface area contributed by atoms with Crippen LogP contribution in [-0.4, -0.2) is 15.7 Å². The van der Waals surface area contributed by atoms with E-state index in [2.05, 4.69) is 29.5 Å². The van der Waals surface area contributed by atoms with E-state index in [1.165, 1.54) is 17.5 Å². The Morgan fingerprint density at radius 3 is 2.85 bits per heavy atom. The van der Waals surface area contributed by atoms with Crippen molar-refractivity contribution in [1.29, 1.82) is 0 Å². The highest BCUT2D eigenvalue weighted by molar-refractivity contribution is 5.92. The van der Waals surface area contributed by atoms with Crippen LogP contribution >= 0.6 is 0 Å². The molecule has 4 nitrogen and oxygen atoms in total. The molecule has 3 rings (SSSR count). The molecule has 1 heterocycles. The average molecular weight is 269 g/mol. The number of hydrogen-bond acceptors (Lipinski definition) is 2. The average Bonchev–Trinajstić information content (AvgIpc) is 2.77. The van der Waals surface area contributed by atoms with Crippen molar-refractivity contribution in [2.24, 2.45) is 5.92 Å². The Labute approximate surface area is 118 Å². The second kappa shape index (κ2) is 5.49. The predicted octanol–water partition coefficient (Wildman–Crippen LogP) is 2.98. The minimum atomic E-state index is 0.109. The molecular weight excluding hydrogens is 250 g/mol. The molecule has 1 fully saturated rings. The normalized spacial score (nSPS) is 14.8. The number of aryl methyl sites for hydroxylation is 1. The van der Waals surface area contributed by atoms with Gasteiger partial charge >= 0.3 is 0 Å². The lowest BCUT2D eigenvalue weighted by Crippen LogP contribution is -2.28. The summed E-state index contributed by atoms with van der Waals surface area (Å²) in [6.45, 7) is 2.82. The highest BCUT2D eigenvalue weighted by Crippen LogP contribution is 2.27. The van der Waals surface area contributed by atoms with E-state index >= 15 is 0 Å². The zero-order chi connectivity index (χ0) is 13.9. The van der Waals surface area contributed by atoms with Crippen LogP contribution in [0.2, 0.25) is 0 Å². The number of benzene rings is 1. The number of nitrogens with one attached hydrogen (secondary N) is 1. The topological polar surface area (TPSA) is 46.9 Å². The molecule has 0 bridgehead atoms. The van der Waals surface area contributed by atoms with Crippen molar-refractivity contribution in [3.63, 3.8) is 0 Å². The maximum absolute atomic E-state index is 11.9. The van der Waals surface area contributed by atoms with E-state index in [0.29, 0.717) is 5.82 Å². The summed E-state index contributed by atoms with van der Waals surface area (Å²) in [6, 6.07) is 10.1. The van der Waals surface area contributed by atoms with E-state index in [0.717, 1.165) is 19.4 Å². The molecule has 1 aromatic heterocycles. The largest absolute Gasteiger partial charge is 0.309 e. The van der Waals surface area contributed by atoms with Crippen LogP contribution in [0.5, 0.6) is 0 Å². The van der Waals surface area contributed by atoms with Gasteiger partial charge in [0.25, 0.3) is 0 Å². The maximum Gasteiger partial charge on any atom is 0.228 e. The van der Waals surface area contributed by atoms with Crippen LogP contribution in [0.1, 0.15) is 30.4 Å². The molecule has 0 unspecified atom stereocenters. The van der Waals surface area contributed by atoms with Gasteiger partial charge in [0.15, 0.2) is 5.82 Å². The molecule has 4 heteroatoms. The van der Waals surface area contributed by atoms with Gasteiger partial charge in [-0.3, -0.25) is 9.48 Å². The highest BCUT2D eigenvalue weighted by atomic mass is 16.2. The van der Waals surface area contributed by atoms with E-state index in [-0.39, 0.29) is 11.8 Å². The van der Waals surface area contributed by atoms with Crippen molar-refractivity contribution in [2.75, 3.05) is 5.32 Å². The summed E-state index contributed by atoms with van der Waals surface area (Å²) in [6.07, 6.45) is 5.09. The molecule has 0 spiro atoms. The van der Waals surface area contributed by atoms with Gasteiger partial charge in [-0.1, -0.05) is 30.7 Å². The summed E-state index contributed by atoms with van der Waals surface area (Å²) in [5, 5.41) is 7.31. The second-order valence-corrected chi connectivity index (χ2v) is 5.44. The molecule has 0 saturated heterocycles. The summed E-state index contributed by atoms with van der Waals surface area (Å²) in [7, 11) is 0. The number of nitrogens with zero attached hydrogens (tertiary/aromatic N) is 2. The van der Waals surface area contributed by atoms with Crippen molar-refractivity contribution >= 4 is 11.7 Å². The standard InChI is InChI=1S/C16H19N3O/c1-12-5-2-3-6-14(12)11-19-10-9-15(18-19)17-16(20)13-7-4-8-13/h2-3,5-6,9-10,13H,4,7-8,11H2,1H3,(H,17,18,20). The fourth-order valence-electron chi connectivity index (χ4n) is 2.38. The molecule has 1 amide bonds. The molecule has 104 valence electrons. The van der Waals surface area contributed by atoms with Crippen molar-refractivity contribution in [3.05, 3.63) is 47.7 Å². The van der Waals surface area contributed by atoms with Crippen LogP contribution in [0.4, 0.5) is 5.82 Å². The summed E-state index contributed by atoms with van der Waals surface area (Å²) >= 11 is 0. The van der Waals surface area contributed by atoms with Crippen LogP contribution in [0.3, 0.4) is 0 Å². The summed E-state index contributed by atoms with van der Waals surface area (Å²) in [5.41, 5.74) is 2.50. The molecule has 0 aliphatic heterocycles. The van der Waals surface area contributed by atoms with Crippen LogP contribution in [0.25, 0.3) is 0 Å². The first-order chi connectivity index (χ1) is 9.72. The van der Waals surface area contributed by atoms with Gasteiger partial charge in [0.2, 0.25) is 5.91 Å². The Bertz CT molecular complexity index is 614. The Balaban J connectivity index is 1.64. The van der Waals surface area contributed by atoms with Crippen LogP contribution in [-0.2, 0) is 11.3 Å². The number of rotatable bonds is 4. The third-order valence-corrected chi connectivity index (χ3v) is 3.96. The van der Waals surface area contributed by atoms with E-state index in [1.807, 2.05) is 29.1 Å². The first-order valence-electron chi connectivity index (χ1n) is 7.11. The highest BCUT2D eigenvalue weighted by Gasteiger charge is 2.25.